The Balaban J connectivity index is 1.77. The monoisotopic (exact) mass is 335 g/mol. The molecular formula is C20H17NO4. The van der Waals surface area contributed by atoms with Crippen LogP contribution in [0.1, 0.15) is 16.1 Å². The Bertz CT molecular complexity index is 861. The van der Waals surface area contributed by atoms with Gasteiger partial charge in [0.2, 0.25) is 0 Å². The number of pyridine rings is 1. The van der Waals surface area contributed by atoms with Crippen LogP contribution in [-0.4, -0.2) is 23.2 Å². The van der Waals surface area contributed by atoms with Crippen LogP contribution in [-0.2, 0) is 6.61 Å². The first kappa shape index (κ1) is 16.5. The van der Waals surface area contributed by atoms with Crippen molar-refractivity contribution >= 4 is 5.97 Å². The normalized spacial score (nSPS) is 10.3. The van der Waals surface area contributed by atoms with Gasteiger partial charge in [0, 0.05) is 17.8 Å². The fourth-order valence-electron chi connectivity index (χ4n) is 2.41. The Kier molecular flexibility index (Phi) is 4.95. The van der Waals surface area contributed by atoms with Gasteiger partial charge in [0.15, 0.2) is 5.69 Å². The van der Waals surface area contributed by atoms with Crippen LogP contribution in [0.5, 0.6) is 11.5 Å². The summed E-state index contributed by atoms with van der Waals surface area (Å²) in [6.07, 6.45) is 1.50. The molecule has 2 aromatic carbocycles. The molecule has 0 aliphatic heterocycles. The molecule has 3 aromatic rings. The maximum Gasteiger partial charge on any atom is 0.354 e. The van der Waals surface area contributed by atoms with Crippen molar-refractivity contribution in [2.75, 3.05) is 7.11 Å². The first-order valence-electron chi connectivity index (χ1n) is 7.72. The first-order valence-corrected chi connectivity index (χ1v) is 7.72. The summed E-state index contributed by atoms with van der Waals surface area (Å²) in [4.78, 5) is 15.0. The van der Waals surface area contributed by atoms with Crippen LogP contribution in [0.3, 0.4) is 0 Å². The minimum absolute atomic E-state index is 0.0524. The van der Waals surface area contributed by atoms with Crippen LogP contribution >= 0.6 is 0 Å². The van der Waals surface area contributed by atoms with E-state index in [1.807, 2.05) is 54.6 Å². The van der Waals surface area contributed by atoms with Gasteiger partial charge < -0.3 is 14.6 Å². The Hall–Kier alpha value is -3.34. The SMILES string of the molecule is COc1cc(C(=O)O)ncc1-c1ccc(OCc2ccccc2)cc1. The number of carbonyl (C=O) groups is 1. The van der Waals surface area contributed by atoms with Crippen LogP contribution in [0.4, 0.5) is 0 Å². The highest BCUT2D eigenvalue weighted by Crippen LogP contribution is 2.31. The van der Waals surface area contributed by atoms with Crippen molar-refractivity contribution in [3.8, 4) is 22.6 Å². The number of carboxylic acids is 1. The molecule has 0 atom stereocenters. The van der Waals surface area contributed by atoms with E-state index in [2.05, 4.69) is 4.98 Å². The van der Waals surface area contributed by atoms with Gasteiger partial charge in [-0.1, -0.05) is 42.5 Å². The third-order valence-corrected chi connectivity index (χ3v) is 3.72. The third kappa shape index (κ3) is 3.95. The van der Waals surface area contributed by atoms with Gasteiger partial charge in [-0.05, 0) is 23.3 Å². The molecule has 5 nitrogen and oxygen atoms in total. The Morgan fingerprint density at radius 3 is 2.44 bits per heavy atom. The van der Waals surface area contributed by atoms with E-state index in [1.54, 1.807) is 0 Å². The number of hydrogen-bond acceptors (Lipinski definition) is 4. The molecule has 0 aliphatic rings. The molecule has 0 saturated carbocycles. The second kappa shape index (κ2) is 7.49. The highest BCUT2D eigenvalue weighted by Gasteiger charge is 2.12. The predicted molar refractivity (Wildman–Crippen MR) is 94.0 cm³/mol. The molecule has 0 saturated heterocycles. The zero-order chi connectivity index (χ0) is 17.6. The fourth-order valence-corrected chi connectivity index (χ4v) is 2.41. The van der Waals surface area contributed by atoms with Gasteiger partial charge in [-0.2, -0.15) is 0 Å². The zero-order valence-corrected chi connectivity index (χ0v) is 13.7. The number of ether oxygens (including phenoxy) is 2. The number of hydrogen-bond donors (Lipinski definition) is 1. The third-order valence-electron chi connectivity index (χ3n) is 3.72. The van der Waals surface area contributed by atoms with E-state index in [4.69, 9.17) is 14.6 Å². The summed E-state index contributed by atoms with van der Waals surface area (Å²) >= 11 is 0. The highest BCUT2D eigenvalue weighted by atomic mass is 16.5. The molecule has 0 unspecified atom stereocenters. The largest absolute Gasteiger partial charge is 0.496 e. The number of aromatic nitrogens is 1. The van der Waals surface area contributed by atoms with E-state index in [9.17, 15) is 4.79 Å². The maximum atomic E-state index is 11.0. The van der Waals surface area contributed by atoms with Crippen LogP contribution < -0.4 is 9.47 Å². The highest BCUT2D eigenvalue weighted by molar-refractivity contribution is 5.87. The molecule has 25 heavy (non-hydrogen) atoms. The van der Waals surface area contributed by atoms with Gasteiger partial charge in [-0.15, -0.1) is 0 Å². The number of benzene rings is 2. The molecule has 5 heteroatoms. The Labute approximate surface area is 145 Å². The van der Waals surface area contributed by atoms with E-state index in [0.29, 0.717) is 12.4 Å². The van der Waals surface area contributed by atoms with Crippen LogP contribution in [0.25, 0.3) is 11.1 Å². The minimum atomic E-state index is -1.09. The minimum Gasteiger partial charge on any atom is -0.496 e. The molecule has 0 aliphatic carbocycles. The summed E-state index contributed by atoms with van der Waals surface area (Å²) in [7, 11) is 1.50. The molecule has 3 rings (SSSR count). The molecule has 1 aromatic heterocycles. The van der Waals surface area contributed by atoms with Crippen molar-refractivity contribution in [1.29, 1.82) is 0 Å². The quantitative estimate of drug-likeness (QED) is 0.736. The van der Waals surface area contributed by atoms with Crippen LogP contribution in [0.15, 0.2) is 66.9 Å². The number of aromatic carboxylic acids is 1. The summed E-state index contributed by atoms with van der Waals surface area (Å²) in [6, 6.07) is 18.9. The molecule has 0 bridgehead atoms. The summed E-state index contributed by atoms with van der Waals surface area (Å²) in [5.74, 6) is 0.126. The van der Waals surface area contributed by atoms with E-state index < -0.39 is 5.97 Å². The average Bonchev–Trinajstić information content (AvgIpc) is 2.67. The molecule has 0 amide bonds. The van der Waals surface area contributed by atoms with Gasteiger partial charge >= 0.3 is 5.97 Å². The number of rotatable bonds is 6. The van der Waals surface area contributed by atoms with E-state index >= 15 is 0 Å². The van der Waals surface area contributed by atoms with Crippen molar-refractivity contribution < 1.29 is 19.4 Å². The summed E-state index contributed by atoms with van der Waals surface area (Å²) in [5, 5.41) is 9.02. The lowest BCUT2D eigenvalue weighted by atomic mass is 10.1. The Morgan fingerprint density at radius 2 is 1.80 bits per heavy atom. The van der Waals surface area contributed by atoms with Crippen molar-refractivity contribution in [3.63, 3.8) is 0 Å². The number of methoxy groups -OCH3 is 1. The molecule has 126 valence electrons. The molecule has 0 radical (unpaired) electrons. The lowest BCUT2D eigenvalue weighted by Crippen LogP contribution is -2.01. The lowest BCUT2D eigenvalue weighted by molar-refractivity contribution is 0.0690. The van der Waals surface area contributed by atoms with Crippen LogP contribution in [0.2, 0.25) is 0 Å². The van der Waals surface area contributed by atoms with Crippen LogP contribution in [0, 0.1) is 0 Å². The van der Waals surface area contributed by atoms with Gasteiger partial charge in [0.05, 0.1) is 7.11 Å². The zero-order valence-electron chi connectivity index (χ0n) is 13.7. The van der Waals surface area contributed by atoms with Gasteiger partial charge in [-0.25, -0.2) is 9.78 Å². The fraction of sp³-hybridized carbons (Fsp3) is 0.100. The van der Waals surface area contributed by atoms with E-state index in [0.717, 1.165) is 22.4 Å². The lowest BCUT2D eigenvalue weighted by Gasteiger charge is -2.10. The standard InChI is InChI=1S/C20H17NO4/c1-24-19-11-18(20(22)23)21-12-17(19)15-7-9-16(10-8-15)25-13-14-5-3-2-4-6-14/h2-12H,13H2,1H3,(H,22,23). The van der Waals surface area contributed by atoms with E-state index in [1.165, 1.54) is 19.4 Å². The van der Waals surface area contributed by atoms with Crippen molar-refractivity contribution in [1.82, 2.24) is 4.98 Å². The molecule has 0 fully saturated rings. The van der Waals surface area contributed by atoms with Crippen molar-refractivity contribution in [3.05, 3.63) is 78.1 Å². The molecular weight excluding hydrogens is 318 g/mol. The summed E-state index contributed by atoms with van der Waals surface area (Å²) < 4.78 is 11.1. The molecule has 1 N–H and O–H groups in total. The number of carboxylic acid groups (broad SMARTS) is 1. The topological polar surface area (TPSA) is 68.7 Å². The second-order valence-electron chi connectivity index (χ2n) is 5.37. The van der Waals surface area contributed by atoms with Gasteiger partial charge in [0.25, 0.3) is 0 Å². The maximum absolute atomic E-state index is 11.0. The second-order valence-corrected chi connectivity index (χ2v) is 5.37. The number of nitrogens with zero attached hydrogens (tertiary/aromatic N) is 1. The summed E-state index contributed by atoms with van der Waals surface area (Å²) in [6.45, 7) is 0.498. The Morgan fingerprint density at radius 1 is 1.08 bits per heavy atom. The average molecular weight is 335 g/mol. The van der Waals surface area contributed by atoms with Crippen molar-refractivity contribution in [2.24, 2.45) is 0 Å². The predicted octanol–water partition coefficient (Wildman–Crippen LogP) is 4.03. The van der Waals surface area contributed by atoms with Crippen molar-refractivity contribution in [2.45, 2.75) is 6.61 Å². The molecule has 0 spiro atoms. The smallest absolute Gasteiger partial charge is 0.354 e. The van der Waals surface area contributed by atoms with E-state index in [-0.39, 0.29) is 5.69 Å². The van der Waals surface area contributed by atoms with Gasteiger partial charge in [0.1, 0.15) is 18.1 Å². The van der Waals surface area contributed by atoms with Gasteiger partial charge in [-0.3, -0.25) is 0 Å². The first-order chi connectivity index (χ1) is 12.2. The summed E-state index contributed by atoms with van der Waals surface area (Å²) in [5.41, 5.74) is 2.64. The molecule has 1 heterocycles.